The number of carbonyl (C=O) groups is 3. The highest BCUT2D eigenvalue weighted by Crippen LogP contribution is 2.22. The summed E-state index contributed by atoms with van der Waals surface area (Å²) in [6.07, 6.45) is 1.33. The van der Waals surface area contributed by atoms with Gasteiger partial charge >= 0.3 is 0 Å². The van der Waals surface area contributed by atoms with Gasteiger partial charge in [-0.05, 0) is 19.8 Å². The largest absolute Gasteiger partial charge is 0.344 e. The van der Waals surface area contributed by atoms with E-state index >= 15 is 0 Å². The van der Waals surface area contributed by atoms with Gasteiger partial charge in [0.1, 0.15) is 6.04 Å². The molecule has 1 aliphatic rings. The van der Waals surface area contributed by atoms with Crippen LogP contribution in [0.25, 0.3) is 0 Å². The maximum absolute atomic E-state index is 12.5. The van der Waals surface area contributed by atoms with Gasteiger partial charge in [0.25, 0.3) is 0 Å². The number of rotatable bonds is 4. The molecule has 0 aromatic heterocycles. The van der Waals surface area contributed by atoms with Gasteiger partial charge in [0.05, 0.1) is 0 Å². The highest BCUT2D eigenvalue weighted by Gasteiger charge is 2.31. The lowest BCUT2D eigenvalue weighted by Crippen LogP contribution is -2.51. The lowest BCUT2D eigenvalue weighted by atomic mass is 9.88. The van der Waals surface area contributed by atoms with Crippen LogP contribution in [0.15, 0.2) is 30.3 Å². The van der Waals surface area contributed by atoms with E-state index in [1.165, 1.54) is 0 Å². The van der Waals surface area contributed by atoms with Gasteiger partial charge in [0.2, 0.25) is 11.8 Å². The monoisotopic (exact) mass is 344 g/mol. The Bertz CT molecular complexity index is 626. The van der Waals surface area contributed by atoms with Crippen molar-refractivity contribution in [3.05, 3.63) is 35.9 Å². The molecular formula is C20H28N2O3. The maximum Gasteiger partial charge on any atom is 0.244 e. The number of nitrogens with one attached hydrogen (secondary N) is 1. The number of hydrogen-bond acceptors (Lipinski definition) is 3. The van der Waals surface area contributed by atoms with Crippen LogP contribution in [0.2, 0.25) is 0 Å². The van der Waals surface area contributed by atoms with Crippen LogP contribution in [0.4, 0.5) is 0 Å². The van der Waals surface area contributed by atoms with Gasteiger partial charge < -0.3 is 10.2 Å². The van der Waals surface area contributed by atoms with E-state index in [0.717, 1.165) is 5.56 Å². The summed E-state index contributed by atoms with van der Waals surface area (Å²) in [6, 6.07) is 8.75. The van der Waals surface area contributed by atoms with Crippen LogP contribution in [0, 0.1) is 11.3 Å². The van der Waals surface area contributed by atoms with E-state index in [4.69, 9.17) is 0 Å². The van der Waals surface area contributed by atoms with Gasteiger partial charge in [-0.15, -0.1) is 0 Å². The molecule has 0 spiro atoms. The predicted octanol–water partition coefficient (Wildman–Crippen LogP) is 2.66. The number of ketones is 1. The number of nitrogens with zero attached hydrogens (tertiary/aromatic N) is 1. The zero-order valence-electron chi connectivity index (χ0n) is 15.5. The number of Topliss-reactive ketones (excluding diaryl/α,β-unsaturated/α-hetero) is 1. The van der Waals surface area contributed by atoms with E-state index in [2.05, 4.69) is 5.32 Å². The van der Waals surface area contributed by atoms with Crippen LogP contribution in [0.5, 0.6) is 0 Å². The second-order valence-corrected chi connectivity index (χ2v) is 7.77. The number of benzene rings is 1. The Morgan fingerprint density at radius 2 is 1.64 bits per heavy atom. The SMILES string of the molecule is CC(NC(=O)C(C)(C)C)C(=O)N1CCC(C(=O)c2ccccc2)CC1. The normalized spacial score (nSPS) is 17.0. The Kier molecular flexibility index (Phi) is 5.98. The van der Waals surface area contributed by atoms with Crippen LogP contribution in [-0.4, -0.2) is 41.6 Å². The first kappa shape index (κ1) is 19.2. The van der Waals surface area contributed by atoms with Crippen molar-refractivity contribution in [2.24, 2.45) is 11.3 Å². The Hall–Kier alpha value is -2.17. The molecule has 1 heterocycles. The lowest BCUT2D eigenvalue weighted by molar-refractivity contribution is -0.139. The summed E-state index contributed by atoms with van der Waals surface area (Å²) in [5.74, 6) is -0.0987. The molecule has 0 bridgehead atoms. The number of hydrogen-bond donors (Lipinski definition) is 1. The Morgan fingerprint density at radius 3 is 2.16 bits per heavy atom. The summed E-state index contributed by atoms with van der Waals surface area (Å²) >= 11 is 0. The van der Waals surface area contributed by atoms with Gasteiger partial charge in [-0.25, -0.2) is 0 Å². The molecule has 1 saturated heterocycles. The quantitative estimate of drug-likeness (QED) is 0.854. The summed E-state index contributed by atoms with van der Waals surface area (Å²) < 4.78 is 0. The minimum atomic E-state index is -0.548. The topological polar surface area (TPSA) is 66.5 Å². The molecule has 5 nitrogen and oxygen atoms in total. The third-order valence-electron chi connectivity index (χ3n) is 4.63. The van der Waals surface area contributed by atoms with Crippen molar-refractivity contribution >= 4 is 17.6 Å². The van der Waals surface area contributed by atoms with Crippen molar-refractivity contribution in [2.45, 2.75) is 46.6 Å². The first-order valence-corrected chi connectivity index (χ1v) is 8.89. The fourth-order valence-electron chi connectivity index (χ4n) is 2.95. The van der Waals surface area contributed by atoms with Gasteiger partial charge in [-0.3, -0.25) is 14.4 Å². The molecule has 2 amide bonds. The Balaban J connectivity index is 1.88. The van der Waals surface area contributed by atoms with Crippen molar-refractivity contribution in [3.8, 4) is 0 Å². The Labute approximate surface area is 149 Å². The molecule has 1 atom stereocenters. The average molecular weight is 344 g/mol. The molecule has 1 aliphatic heterocycles. The Morgan fingerprint density at radius 1 is 1.08 bits per heavy atom. The summed E-state index contributed by atoms with van der Waals surface area (Å²) in [5, 5.41) is 2.78. The minimum Gasteiger partial charge on any atom is -0.344 e. The van der Waals surface area contributed by atoms with Gasteiger partial charge in [0.15, 0.2) is 5.78 Å². The molecule has 1 fully saturated rings. The predicted molar refractivity (Wildman–Crippen MR) is 97.1 cm³/mol. The first-order valence-electron chi connectivity index (χ1n) is 8.89. The van der Waals surface area contributed by atoms with Crippen molar-refractivity contribution < 1.29 is 14.4 Å². The lowest BCUT2D eigenvalue weighted by Gasteiger charge is -2.33. The van der Waals surface area contributed by atoms with E-state index in [-0.39, 0.29) is 23.5 Å². The smallest absolute Gasteiger partial charge is 0.244 e. The summed E-state index contributed by atoms with van der Waals surface area (Å²) in [5.41, 5.74) is 0.210. The van der Waals surface area contributed by atoms with Gasteiger partial charge in [-0.2, -0.15) is 0 Å². The molecule has 5 heteroatoms. The number of carbonyl (C=O) groups excluding carboxylic acids is 3. The molecule has 1 N–H and O–H groups in total. The van der Waals surface area contributed by atoms with Crippen molar-refractivity contribution in [3.63, 3.8) is 0 Å². The third kappa shape index (κ3) is 4.91. The third-order valence-corrected chi connectivity index (χ3v) is 4.63. The number of piperidine rings is 1. The summed E-state index contributed by atoms with van der Waals surface area (Å²) in [7, 11) is 0. The summed E-state index contributed by atoms with van der Waals surface area (Å²) in [4.78, 5) is 38.8. The van der Waals surface area contributed by atoms with E-state index in [9.17, 15) is 14.4 Å². The van der Waals surface area contributed by atoms with Crippen molar-refractivity contribution in [1.82, 2.24) is 10.2 Å². The standard InChI is InChI=1S/C20H28N2O3/c1-14(21-19(25)20(2,3)4)18(24)22-12-10-16(11-13-22)17(23)15-8-6-5-7-9-15/h5-9,14,16H,10-13H2,1-4H3,(H,21,25). The van der Waals surface area contributed by atoms with E-state index in [1.807, 2.05) is 51.1 Å². The van der Waals surface area contributed by atoms with Crippen LogP contribution in [0.3, 0.4) is 0 Å². The highest BCUT2D eigenvalue weighted by molar-refractivity contribution is 5.98. The molecule has 1 aromatic carbocycles. The van der Waals surface area contributed by atoms with Crippen molar-refractivity contribution in [1.29, 1.82) is 0 Å². The molecule has 136 valence electrons. The molecule has 1 aromatic rings. The zero-order valence-corrected chi connectivity index (χ0v) is 15.5. The van der Waals surface area contributed by atoms with Crippen LogP contribution >= 0.6 is 0 Å². The molecule has 0 radical (unpaired) electrons. The van der Waals surface area contributed by atoms with E-state index in [0.29, 0.717) is 25.9 Å². The number of amides is 2. The fourth-order valence-corrected chi connectivity index (χ4v) is 2.95. The molecule has 0 saturated carbocycles. The van der Waals surface area contributed by atoms with Crippen LogP contribution in [0.1, 0.15) is 50.9 Å². The molecule has 25 heavy (non-hydrogen) atoms. The maximum atomic E-state index is 12.5. The molecule has 2 rings (SSSR count). The zero-order chi connectivity index (χ0) is 18.6. The molecule has 0 aliphatic carbocycles. The van der Waals surface area contributed by atoms with Gasteiger partial charge in [0, 0.05) is 30.0 Å². The van der Waals surface area contributed by atoms with Crippen LogP contribution in [-0.2, 0) is 9.59 Å². The van der Waals surface area contributed by atoms with E-state index < -0.39 is 11.5 Å². The fraction of sp³-hybridized carbons (Fsp3) is 0.550. The molecule has 1 unspecified atom stereocenters. The number of likely N-dealkylation sites (tertiary alicyclic amines) is 1. The first-order chi connectivity index (χ1) is 11.7. The second-order valence-electron chi connectivity index (χ2n) is 7.77. The van der Waals surface area contributed by atoms with Crippen molar-refractivity contribution in [2.75, 3.05) is 13.1 Å². The highest BCUT2D eigenvalue weighted by atomic mass is 16.2. The van der Waals surface area contributed by atoms with E-state index in [1.54, 1.807) is 11.8 Å². The average Bonchev–Trinajstić information content (AvgIpc) is 2.60. The second kappa shape index (κ2) is 7.81. The van der Waals surface area contributed by atoms with Crippen LogP contribution < -0.4 is 5.32 Å². The summed E-state index contributed by atoms with van der Waals surface area (Å²) in [6.45, 7) is 8.28. The molecular weight excluding hydrogens is 316 g/mol. The minimum absolute atomic E-state index is 0.0362. The van der Waals surface area contributed by atoms with Gasteiger partial charge in [-0.1, -0.05) is 51.1 Å².